The van der Waals surface area contributed by atoms with Gasteiger partial charge in [-0.2, -0.15) is 0 Å². The van der Waals surface area contributed by atoms with Crippen molar-refractivity contribution < 1.29 is 19.1 Å². The molecule has 23 heavy (non-hydrogen) atoms. The zero-order chi connectivity index (χ0) is 16.2. The SMILES string of the molecule is CCN(CCO)C(=O)COc1ccc2oc3c(c2c1)CCCC3. The predicted molar refractivity (Wildman–Crippen MR) is 87.7 cm³/mol. The molecule has 1 aliphatic rings. The summed E-state index contributed by atoms with van der Waals surface area (Å²) in [5.41, 5.74) is 2.18. The van der Waals surface area contributed by atoms with Crippen LogP contribution in [0.25, 0.3) is 11.0 Å². The monoisotopic (exact) mass is 317 g/mol. The molecule has 0 saturated carbocycles. The minimum atomic E-state index is -0.115. The number of nitrogens with zero attached hydrogens (tertiary/aromatic N) is 1. The third-order valence-corrected chi connectivity index (χ3v) is 4.39. The number of rotatable bonds is 6. The maximum Gasteiger partial charge on any atom is 0.260 e. The quantitative estimate of drug-likeness (QED) is 0.889. The van der Waals surface area contributed by atoms with Gasteiger partial charge < -0.3 is 19.2 Å². The first-order chi connectivity index (χ1) is 11.2. The van der Waals surface area contributed by atoms with Gasteiger partial charge in [0.15, 0.2) is 6.61 Å². The van der Waals surface area contributed by atoms with E-state index in [4.69, 9.17) is 14.3 Å². The Morgan fingerprint density at radius 3 is 2.96 bits per heavy atom. The van der Waals surface area contributed by atoms with Gasteiger partial charge in [-0.3, -0.25) is 4.79 Å². The van der Waals surface area contributed by atoms with Gasteiger partial charge in [0.1, 0.15) is 17.1 Å². The normalized spacial score (nSPS) is 13.8. The smallest absolute Gasteiger partial charge is 0.260 e. The average Bonchev–Trinajstić information content (AvgIpc) is 2.95. The minimum Gasteiger partial charge on any atom is -0.484 e. The molecule has 0 unspecified atom stereocenters. The standard InChI is InChI=1S/C18H23NO4/c1-2-19(9-10-20)18(21)12-22-13-7-8-17-15(11-13)14-5-3-4-6-16(14)23-17/h7-8,11,20H,2-6,9-10,12H2,1H3. The van der Waals surface area contributed by atoms with Crippen molar-refractivity contribution in [3.63, 3.8) is 0 Å². The molecule has 0 saturated heterocycles. The van der Waals surface area contributed by atoms with Crippen LogP contribution in [0.1, 0.15) is 31.1 Å². The molecule has 1 aliphatic carbocycles. The molecule has 0 fully saturated rings. The number of furan rings is 1. The Hall–Kier alpha value is -2.01. The second-order valence-electron chi connectivity index (χ2n) is 5.85. The van der Waals surface area contributed by atoms with Gasteiger partial charge in [0.25, 0.3) is 5.91 Å². The molecular weight excluding hydrogens is 294 g/mol. The molecule has 2 aromatic rings. The van der Waals surface area contributed by atoms with Crippen LogP contribution in [0.15, 0.2) is 22.6 Å². The van der Waals surface area contributed by atoms with E-state index in [2.05, 4.69) is 0 Å². The Labute approximate surface area is 135 Å². The fourth-order valence-corrected chi connectivity index (χ4v) is 3.15. The highest BCUT2D eigenvalue weighted by Gasteiger charge is 2.18. The van der Waals surface area contributed by atoms with Crippen LogP contribution in [-0.4, -0.2) is 42.2 Å². The molecule has 1 amide bonds. The van der Waals surface area contributed by atoms with Crippen molar-refractivity contribution in [3.8, 4) is 5.75 Å². The number of aryl methyl sites for hydroxylation is 2. The van der Waals surface area contributed by atoms with E-state index in [9.17, 15) is 4.79 Å². The summed E-state index contributed by atoms with van der Waals surface area (Å²) >= 11 is 0. The van der Waals surface area contributed by atoms with Crippen LogP contribution in [0.5, 0.6) is 5.75 Å². The van der Waals surface area contributed by atoms with Gasteiger partial charge in [-0.1, -0.05) is 0 Å². The highest BCUT2D eigenvalue weighted by atomic mass is 16.5. The van der Waals surface area contributed by atoms with Gasteiger partial charge in [-0.05, 0) is 44.4 Å². The summed E-state index contributed by atoms with van der Waals surface area (Å²) < 4.78 is 11.6. The van der Waals surface area contributed by atoms with Crippen molar-refractivity contribution in [2.75, 3.05) is 26.3 Å². The molecule has 3 rings (SSSR count). The molecule has 0 radical (unpaired) electrons. The third kappa shape index (κ3) is 3.34. The number of likely N-dealkylation sites (N-methyl/N-ethyl adjacent to an activating group) is 1. The number of ether oxygens (including phenoxy) is 1. The van der Waals surface area contributed by atoms with Gasteiger partial charge in [-0.25, -0.2) is 0 Å². The van der Waals surface area contributed by atoms with Gasteiger partial charge in [0, 0.05) is 30.5 Å². The number of carbonyl (C=O) groups is 1. The van der Waals surface area contributed by atoms with E-state index >= 15 is 0 Å². The van der Waals surface area contributed by atoms with E-state index in [1.54, 1.807) is 4.90 Å². The molecule has 1 aromatic heterocycles. The molecule has 5 heteroatoms. The molecule has 0 atom stereocenters. The predicted octanol–water partition coefficient (Wildman–Crippen LogP) is 2.53. The number of aliphatic hydroxyl groups excluding tert-OH is 1. The Bertz CT molecular complexity index is 692. The van der Waals surface area contributed by atoms with E-state index in [0.717, 1.165) is 29.6 Å². The molecule has 1 heterocycles. The highest BCUT2D eigenvalue weighted by Crippen LogP contribution is 2.33. The lowest BCUT2D eigenvalue weighted by Crippen LogP contribution is -2.36. The maximum atomic E-state index is 12.1. The summed E-state index contributed by atoms with van der Waals surface area (Å²) in [6.07, 6.45) is 4.43. The first-order valence-corrected chi connectivity index (χ1v) is 8.28. The fraction of sp³-hybridized carbons (Fsp3) is 0.500. The zero-order valence-corrected chi connectivity index (χ0v) is 13.5. The topological polar surface area (TPSA) is 62.9 Å². The van der Waals surface area contributed by atoms with Crippen LogP contribution < -0.4 is 4.74 Å². The average molecular weight is 317 g/mol. The molecule has 124 valence electrons. The third-order valence-electron chi connectivity index (χ3n) is 4.39. The number of aliphatic hydroxyl groups is 1. The first-order valence-electron chi connectivity index (χ1n) is 8.28. The van der Waals surface area contributed by atoms with Crippen LogP contribution in [0.3, 0.4) is 0 Å². The summed E-state index contributed by atoms with van der Waals surface area (Å²) in [6.45, 7) is 2.74. The van der Waals surface area contributed by atoms with Gasteiger partial charge in [0.2, 0.25) is 0 Å². The lowest BCUT2D eigenvalue weighted by atomic mass is 9.96. The van der Waals surface area contributed by atoms with Crippen molar-refractivity contribution in [2.45, 2.75) is 32.6 Å². The summed E-state index contributed by atoms with van der Waals surface area (Å²) in [4.78, 5) is 13.6. The Morgan fingerprint density at radius 2 is 2.17 bits per heavy atom. The van der Waals surface area contributed by atoms with E-state index in [1.807, 2.05) is 25.1 Å². The number of benzene rings is 1. The van der Waals surface area contributed by atoms with Gasteiger partial charge in [-0.15, -0.1) is 0 Å². The number of hydrogen-bond donors (Lipinski definition) is 1. The lowest BCUT2D eigenvalue weighted by molar-refractivity contribution is -0.133. The van der Waals surface area contributed by atoms with Crippen molar-refractivity contribution >= 4 is 16.9 Å². The van der Waals surface area contributed by atoms with E-state index in [-0.39, 0.29) is 19.1 Å². The molecule has 1 aromatic carbocycles. The van der Waals surface area contributed by atoms with Crippen LogP contribution in [0.2, 0.25) is 0 Å². The van der Waals surface area contributed by atoms with E-state index in [1.165, 1.54) is 18.4 Å². The van der Waals surface area contributed by atoms with Gasteiger partial charge >= 0.3 is 0 Å². The molecule has 1 N–H and O–H groups in total. The summed E-state index contributed by atoms with van der Waals surface area (Å²) in [6, 6.07) is 5.73. The summed E-state index contributed by atoms with van der Waals surface area (Å²) in [7, 11) is 0. The van der Waals surface area contributed by atoms with Crippen molar-refractivity contribution in [3.05, 3.63) is 29.5 Å². The Balaban J connectivity index is 1.72. The number of hydrogen-bond acceptors (Lipinski definition) is 4. The van der Waals surface area contributed by atoms with E-state index in [0.29, 0.717) is 18.8 Å². The number of amides is 1. The Kier molecular flexibility index (Phi) is 4.86. The highest BCUT2D eigenvalue weighted by molar-refractivity contribution is 5.84. The number of carbonyl (C=O) groups excluding carboxylic acids is 1. The largest absolute Gasteiger partial charge is 0.484 e. The summed E-state index contributed by atoms with van der Waals surface area (Å²) in [5, 5.41) is 10.1. The van der Waals surface area contributed by atoms with Crippen LogP contribution in [0, 0.1) is 0 Å². The minimum absolute atomic E-state index is 0.0145. The zero-order valence-electron chi connectivity index (χ0n) is 13.5. The summed E-state index contributed by atoms with van der Waals surface area (Å²) in [5.74, 6) is 1.66. The molecule has 5 nitrogen and oxygen atoms in total. The Morgan fingerprint density at radius 1 is 1.35 bits per heavy atom. The molecule has 0 spiro atoms. The van der Waals surface area contributed by atoms with Crippen molar-refractivity contribution in [1.82, 2.24) is 4.90 Å². The number of fused-ring (bicyclic) bond motifs is 3. The molecular formula is C18H23NO4. The van der Waals surface area contributed by atoms with Crippen molar-refractivity contribution in [1.29, 1.82) is 0 Å². The van der Waals surface area contributed by atoms with Crippen LogP contribution in [-0.2, 0) is 17.6 Å². The van der Waals surface area contributed by atoms with Crippen LogP contribution >= 0.6 is 0 Å². The van der Waals surface area contributed by atoms with Crippen molar-refractivity contribution in [2.24, 2.45) is 0 Å². The lowest BCUT2D eigenvalue weighted by Gasteiger charge is -2.19. The van der Waals surface area contributed by atoms with Crippen LogP contribution in [0.4, 0.5) is 0 Å². The molecule has 0 aliphatic heterocycles. The second-order valence-corrected chi connectivity index (χ2v) is 5.85. The molecule has 0 bridgehead atoms. The van der Waals surface area contributed by atoms with E-state index < -0.39 is 0 Å². The second kappa shape index (κ2) is 7.04. The first kappa shape index (κ1) is 15.9. The maximum absolute atomic E-state index is 12.1. The fourth-order valence-electron chi connectivity index (χ4n) is 3.15. The van der Waals surface area contributed by atoms with Gasteiger partial charge in [0.05, 0.1) is 6.61 Å².